The summed E-state index contributed by atoms with van der Waals surface area (Å²) >= 11 is 8.26. The summed E-state index contributed by atoms with van der Waals surface area (Å²) in [7, 11) is 0. The summed E-state index contributed by atoms with van der Waals surface area (Å²) in [5, 5.41) is 2.46. The number of thiocarbonyl (C=S) groups is 1. The summed E-state index contributed by atoms with van der Waals surface area (Å²) in [5.41, 5.74) is 4.66. The smallest absolute Gasteiger partial charge is 0.0755 e. The number of rotatable bonds is 8. The maximum Gasteiger partial charge on any atom is 0.0755 e. The van der Waals surface area contributed by atoms with Gasteiger partial charge in [0.25, 0.3) is 0 Å². The maximum atomic E-state index is 4.66. The van der Waals surface area contributed by atoms with Crippen molar-refractivity contribution in [2.45, 2.75) is 52.4 Å². The van der Waals surface area contributed by atoms with E-state index in [1.165, 1.54) is 51.6 Å². The van der Waals surface area contributed by atoms with Crippen LogP contribution in [-0.4, -0.2) is 17.4 Å². The lowest BCUT2D eigenvalue weighted by Crippen LogP contribution is -2.84. The number of hydrogen-bond acceptors (Lipinski definition) is 2. The molecule has 0 saturated heterocycles. The molecule has 92 valence electrons. The minimum atomic E-state index is 0.0833. The van der Waals surface area contributed by atoms with Crippen molar-refractivity contribution in [2.24, 2.45) is 5.73 Å². The van der Waals surface area contributed by atoms with E-state index >= 15 is 0 Å². The molecular formula is C11H26N2S2. The van der Waals surface area contributed by atoms with Crippen molar-refractivity contribution in [3.05, 3.63) is 0 Å². The van der Waals surface area contributed by atoms with Crippen LogP contribution in [0.5, 0.6) is 0 Å². The van der Waals surface area contributed by atoms with Gasteiger partial charge in [0, 0.05) is 0 Å². The lowest BCUT2D eigenvalue weighted by Gasteiger charge is -1.99. The van der Waals surface area contributed by atoms with Gasteiger partial charge < -0.3 is 35.9 Å². The molecule has 4 N–H and O–H groups in total. The Morgan fingerprint density at radius 1 is 1.07 bits per heavy atom. The normalized spacial score (nSPS) is 9.20. The third-order valence-electron chi connectivity index (χ3n) is 2.02. The van der Waals surface area contributed by atoms with Crippen LogP contribution in [0.1, 0.15) is 52.4 Å². The average molecular weight is 250 g/mol. The molecule has 0 atom stereocenters. The molecule has 2 nitrogen and oxygen atoms in total. The molecule has 0 amide bonds. The van der Waals surface area contributed by atoms with Crippen molar-refractivity contribution >= 4 is 29.2 Å². The zero-order valence-corrected chi connectivity index (χ0v) is 11.8. The molecular weight excluding hydrogens is 224 g/mol. The number of quaternary nitrogens is 1. The minimum absolute atomic E-state index is 0.0833. The van der Waals surface area contributed by atoms with Crippen molar-refractivity contribution in [3.8, 4) is 0 Å². The third-order valence-corrected chi connectivity index (χ3v) is 2.02. The van der Waals surface area contributed by atoms with Gasteiger partial charge in [0.05, 0.1) is 13.1 Å². The highest BCUT2D eigenvalue weighted by atomic mass is 32.1. The molecule has 0 aliphatic carbocycles. The Morgan fingerprint density at radius 2 is 1.40 bits per heavy atom. The molecule has 0 bridgehead atoms. The van der Waals surface area contributed by atoms with E-state index in [1.54, 1.807) is 0 Å². The summed E-state index contributed by atoms with van der Waals surface area (Å²) in [5.74, 6) is 0. The molecule has 15 heavy (non-hydrogen) atoms. The first-order valence-corrected chi connectivity index (χ1v) is 6.74. The van der Waals surface area contributed by atoms with Crippen molar-refractivity contribution in [3.63, 3.8) is 0 Å². The zero-order chi connectivity index (χ0) is 11.9. The van der Waals surface area contributed by atoms with E-state index in [1.807, 2.05) is 0 Å². The van der Waals surface area contributed by atoms with E-state index in [-0.39, 0.29) is 4.32 Å². The van der Waals surface area contributed by atoms with Gasteiger partial charge in [0.15, 0.2) is 0 Å². The molecule has 0 fully saturated rings. The quantitative estimate of drug-likeness (QED) is 0.391. The highest BCUT2D eigenvalue weighted by Gasteiger charge is 1.90. The predicted molar refractivity (Wildman–Crippen MR) is 74.9 cm³/mol. The van der Waals surface area contributed by atoms with Crippen LogP contribution < -0.4 is 11.1 Å². The van der Waals surface area contributed by atoms with Crippen LogP contribution in [0.25, 0.3) is 0 Å². The van der Waals surface area contributed by atoms with Crippen LogP contribution in [0, 0.1) is 0 Å². The van der Waals surface area contributed by atoms with E-state index in [2.05, 4.69) is 49.7 Å². The molecule has 0 aromatic heterocycles. The molecule has 0 unspecified atom stereocenters. The van der Waals surface area contributed by atoms with Gasteiger partial charge >= 0.3 is 0 Å². The second kappa shape index (κ2) is 16.5. The molecule has 0 aliphatic heterocycles. The molecule has 0 rings (SSSR count). The monoisotopic (exact) mass is 250 g/mol. The van der Waals surface area contributed by atoms with Gasteiger partial charge in [-0.1, -0.05) is 31.0 Å². The number of unbranched alkanes of at least 4 members (excludes halogenated alkanes) is 4. The Morgan fingerprint density at radius 3 is 1.67 bits per heavy atom. The highest BCUT2D eigenvalue weighted by molar-refractivity contribution is 8.00. The van der Waals surface area contributed by atoms with E-state index in [4.69, 9.17) is 0 Å². The number of nitrogens with two attached hydrogens (primary N) is 2. The molecule has 4 heteroatoms. The van der Waals surface area contributed by atoms with E-state index in [0.717, 1.165) is 0 Å². The predicted octanol–water partition coefficient (Wildman–Crippen LogP) is 1.71. The first-order valence-electron chi connectivity index (χ1n) is 5.93. The van der Waals surface area contributed by atoms with Crippen LogP contribution in [0.4, 0.5) is 0 Å². The van der Waals surface area contributed by atoms with Gasteiger partial charge in [0.1, 0.15) is 0 Å². The fourth-order valence-corrected chi connectivity index (χ4v) is 1.22. The van der Waals surface area contributed by atoms with Gasteiger partial charge in [-0.15, -0.1) is 0 Å². The average Bonchev–Trinajstić information content (AvgIpc) is 2.16. The first-order chi connectivity index (χ1) is 7.15. The van der Waals surface area contributed by atoms with Crippen molar-refractivity contribution in [1.29, 1.82) is 0 Å². The molecule has 0 aliphatic rings. The Labute approximate surface area is 106 Å². The fourth-order valence-electron chi connectivity index (χ4n) is 1.22. The van der Waals surface area contributed by atoms with Crippen molar-refractivity contribution < 1.29 is 5.32 Å². The van der Waals surface area contributed by atoms with Gasteiger partial charge in [-0.05, 0) is 25.7 Å². The lowest BCUT2D eigenvalue weighted by atomic mass is 10.2. The third kappa shape index (κ3) is 31.5. The first kappa shape index (κ1) is 17.5. The Balaban J connectivity index is 0. The molecule has 0 spiro atoms. The SMILES string of the molecule is CCCCC[NH2+]CCCCC.NC(=S)[S-]. The second-order valence-corrected chi connectivity index (χ2v) is 4.74. The lowest BCUT2D eigenvalue weighted by molar-refractivity contribution is -0.655. The van der Waals surface area contributed by atoms with Crippen LogP contribution in [0.3, 0.4) is 0 Å². The van der Waals surface area contributed by atoms with E-state index in [9.17, 15) is 0 Å². The topological polar surface area (TPSA) is 42.6 Å². The largest absolute Gasteiger partial charge is 0.415 e. The summed E-state index contributed by atoms with van der Waals surface area (Å²) in [6.07, 6.45) is 8.32. The summed E-state index contributed by atoms with van der Waals surface area (Å²) in [6, 6.07) is 0. The van der Waals surface area contributed by atoms with Crippen LogP contribution in [0.15, 0.2) is 0 Å². The summed E-state index contributed by atoms with van der Waals surface area (Å²) < 4.78 is 0.0833. The van der Waals surface area contributed by atoms with E-state index < -0.39 is 0 Å². The van der Waals surface area contributed by atoms with Crippen LogP contribution in [0.2, 0.25) is 0 Å². The Hall–Kier alpha value is 0.0700. The van der Waals surface area contributed by atoms with Crippen LogP contribution >= 0.6 is 12.2 Å². The summed E-state index contributed by atoms with van der Waals surface area (Å²) in [4.78, 5) is 0. The Bertz CT molecular complexity index is 118. The highest BCUT2D eigenvalue weighted by Crippen LogP contribution is 1.90. The second-order valence-electron chi connectivity index (χ2n) is 3.60. The molecule has 0 aromatic carbocycles. The van der Waals surface area contributed by atoms with E-state index in [0.29, 0.717) is 0 Å². The molecule has 0 saturated carbocycles. The van der Waals surface area contributed by atoms with Gasteiger partial charge in [0.2, 0.25) is 0 Å². The molecule has 0 aromatic rings. The summed E-state index contributed by atoms with van der Waals surface area (Å²) in [6.45, 7) is 7.21. The fraction of sp³-hybridized carbons (Fsp3) is 0.909. The van der Waals surface area contributed by atoms with Gasteiger partial charge in [-0.25, -0.2) is 0 Å². The number of hydrogen-bond donors (Lipinski definition) is 2. The standard InChI is InChI=1S/C10H23N.CH3NS2/c1-3-5-7-9-11-10-8-6-4-2;2-1(3)4/h11H,3-10H2,1-2H3;(H3,2,3,4). The molecule has 0 radical (unpaired) electrons. The Kier molecular flexibility index (Phi) is 19.2. The van der Waals surface area contributed by atoms with Crippen molar-refractivity contribution in [1.82, 2.24) is 0 Å². The van der Waals surface area contributed by atoms with Gasteiger partial charge in [-0.2, -0.15) is 0 Å². The maximum absolute atomic E-state index is 4.66. The van der Waals surface area contributed by atoms with Crippen LogP contribution in [-0.2, 0) is 12.6 Å². The van der Waals surface area contributed by atoms with Gasteiger partial charge in [-0.3, -0.25) is 0 Å². The van der Waals surface area contributed by atoms with Crippen molar-refractivity contribution in [2.75, 3.05) is 13.1 Å². The molecule has 0 heterocycles. The zero-order valence-electron chi connectivity index (χ0n) is 10.1. The minimum Gasteiger partial charge on any atom is -0.415 e.